The molecule has 0 bridgehead atoms. The van der Waals surface area contributed by atoms with Crippen LogP contribution in [0.1, 0.15) is 33.1 Å². The van der Waals surface area contributed by atoms with Gasteiger partial charge in [-0.05, 0) is 33.1 Å². The van der Waals surface area contributed by atoms with Crippen LogP contribution in [0.15, 0.2) is 0 Å². The van der Waals surface area contributed by atoms with Crippen molar-refractivity contribution in [3.05, 3.63) is 0 Å². The van der Waals surface area contributed by atoms with Gasteiger partial charge in [0, 0.05) is 19.0 Å². The molecule has 1 fully saturated rings. The molecule has 4 nitrogen and oxygen atoms in total. The monoisotopic (exact) mass is 213 g/mol. The fourth-order valence-corrected chi connectivity index (χ4v) is 1.97. The van der Waals surface area contributed by atoms with E-state index in [9.17, 15) is 9.59 Å². The summed E-state index contributed by atoms with van der Waals surface area (Å²) in [4.78, 5) is 24.3. The Hall–Kier alpha value is -1.06. The molecule has 1 aliphatic carbocycles. The number of nitrogens with zero attached hydrogens (tertiary/aromatic N) is 1. The predicted molar refractivity (Wildman–Crippen MR) is 56.4 cm³/mol. The van der Waals surface area contributed by atoms with Gasteiger partial charge in [0.15, 0.2) is 0 Å². The van der Waals surface area contributed by atoms with Crippen LogP contribution in [0.5, 0.6) is 0 Å². The number of hydrogen-bond acceptors (Lipinski definition) is 2. The number of hydrogen-bond donors (Lipinski definition) is 1. The Bertz CT molecular complexity index is 263. The van der Waals surface area contributed by atoms with Crippen molar-refractivity contribution in [2.45, 2.75) is 39.2 Å². The topological polar surface area (TPSA) is 57.6 Å². The molecule has 0 aromatic carbocycles. The molecule has 1 aliphatic rings. The number of rotatable bonds is 3. The molecule has 0 aromatic rings. The second kappa shape index (κ2) is 4.64. The SMILES string of the molecule is CC(C)N(C)C(=O)C1CCC(C(=O)O)C1. The van der Waals surface area contributed by atoms with Gasteiger partial charge in [0.1, 0.15) is 0 Å². The van der Waals surface area contributed by atoms with E-state index in [1.54, 1.807) is 11.9 Å². The third-order valence-electron chi connectivity index (χ3n) is 3.25. The van der Waals surface area contributed by atoms with E-state index in [0.717, 1.165) is 0 Å². The quantitative estimate of drug-likeness (QED) is 0.770. The average molecular weight is 213 g/mol. The van der Waals surface area contributed by atoms with Crippen LogP contribution in [-0.2, 0) is 9.59 Å². The Morgan fingerprint density at radius 2 is 1.80 bits per heavy atom. The minimum Gasteiger partial charge on any atom is -0.481 e. The van der Waals surface area contributed by atoms with E-state index in [2.05, 4.69) is 0 Å². The smallest absolute Gasteiger partial charge is 0.306 e. The van der Waals surface area contributed by atoms with Crippen molar-refractivity contribution in [2.75, 3.05) is 7.05 Å². The normalized spacial score (nSPS) is 25.6. The van der Waals surface area contributed by atoms with Gasteiger partial charge >= 0.3 is 5.97 Å². The molecule has 0 heterocycles. The first-order valence-corrected chi connectivity index (χ1v) is 5.43. The summed E-state index contributed by atoms with van der Waals surface area (Å²) in [6.45, 7) is 3.92. The van der Waals surface area contributed by atoms with Crippen molar-refractivity contribution in [2.24, 2.45) is 11.8 Å². The number of aliphatic carboxylic acids is 1. The van der Waals surface area contributed by atoms with Gasteiger partial charge in [0.25, 0.3) is 0 Å². The molecular formula is C11H19NO3. The molecule has 15 heavy (non-hydrogen) atoms. The van der Waals surface area contributed by atoms with Gasteiger partial charge in [-0.3, -0.25) is 9.59 Å². The van der Waals surface area contributed by atoms with E-state index in [-0.39, 0.29) is 23.8 Å². The van der Waals surface area contributed by atoms with Crippen LogP contribution in [0.25, 0.3) is 0 Å². The highest BCUT2D eigenvalue weighted by Crippen LogP contribution is 2.32. The molecule has 0 saturated heterocycles. The van der Waals surface area contributed by atoms with Gasteiger partial charge in [-0.2, -0.15) is 0 Å². The van der Waals surface area contributed by atoms with Crippen molar-refractivity contribution in [3.8, 4) is 0 Å². The molecule has 0 radical (unpaired) electrons. The standard InChI is InChI=1S/C11H19NO3/c1-7(2)12(3)10(13)8-4-5-9(6-8)11(14)15/h7-9H,4-6H2,1-3H3,(H,14,15). The Labute approximate surface area is 90.3 Å². The Morgan fingerprint density at radius 1 is 1.27 bits per heavy atom. The predicted octanol–water partition coefficient (Wildman–Crippen LogP) is 1.35. The van der Waals surface area contributed by atoms with Gasteiger partial charge < -0.3 is 10.0 Å². The van der Waals surface area contributed by atoms with Crippen LogP contribution in [0.3, 0.4) is 0 Å². The Morgan fingerprint density at radius 3 is 2.20 bits per heavy atom. The maximum atomic E-state index is 11.9. The van der Waals surface area contributed by atoms with Crippen LogP contribution in [0.2, 0.25) is 0 Å². The zero-order valence-corrected chi connectivity index (χ0v) is 9.56. The van der Waals surface area contributed by atoms with Gasteiger partial charge in [-0.25, -0.2) is 0 Å². The third kappa shape index (κ3) is 2.70. The van der Waals surface area contributed by atoms with E-state index in [4.69, 9.17) is 5.11 Å². The summed E-state index contributed by atoms with van der Waals surface area (Å²) in [6.07, 6.45) is 1.86. The van der Waals surface area contributed by atoms with Crippen LogP contribution in [0, 0.1) is 11.8 Å². The fourth-order valence-electron chi connectivity index (χ4n) is 1.97. The van der Waals surface area contributed by atoms with Gasteiger partial charge in [0.2, 0.25) is 5.91 Å². The minimum atomic E-state index is -0.766. The number of amides is 1. The average Bonchev–Trinajstić information content (AvgIpc) is 2.64. The number of carboxylic acid groups (broad SMARTS) is 1. The molecule has 0 aromatic heterocycles. The molecule has 1 N–H and O–H groups in total. The minimum absolute atomic E-state index is 0.0847. The summed E-state index contributed by atoms with van der Waals surface area (Å²) in [5, 5.41) is 8.84. The highest BCUT2D eigenvalue weighted by atomic mass is 16.4. The second-order valence-corrected chi connectivity index (χ2v) is 4.59. The molecule has 2 atom stereocenters. The third-order valence-corrected chi connectivity index (χ3v) is 3.25. The lowest BCUT2D eigenvalue weighted by Crippen LogP contribution is -2.37. The summed E-state index contributed by atoms with van der Waals surface area (Å²) < 4.78 is 0. The molecular weight excluding hydrogens is 194 g/mol. The van der Waals surface area contributed by atoms with Gasteiger partial charge in [-0.1, -0.05) is 0 Å². The van der Waals surface area contributed by atoms with Gasteiger partial charge in [-0.15, -0.1) is 0 Å². The molecule has 0 aliphatic heterocycles. The first-order chi connectivity index (χ1) is 6.93. The number of carboxylic acids is 1. The highest BCUT2D eigenvalue weighted by molar-refractivity contribution is 5.81. The van der Waals surface area contributed by atoms with E-state index >= 15 is 0 Å². The Kier molecular flexibility index (Phi) is 3.72. The summed E-state index contributed by atoms with van der Waals surface area (Å²) in [5.41, 5.74) is 0. The van der Waals surface area contributed by atoms with Crippen molar-refractivity contribution < 1.29 is 14.7 Å². The lowest BCUT2D eigenvalue weighted by Gasteiger charge is -2.24. The van der Waals surface area contributed by atoms with Crippen molar-refractivity contribution in [1.82, 2.24) is 4.90 Å². The molecule has 1 rings (SSSR count). The number of carbonyl (C=O) groups excluding carboxylic acids is 1. The number of carbonyl (C=O) groups is 2. The molecule has 86 valence electrons. The van der Waals surface area contributed by atoms with E-state index in [1.807, 2.05) is 13.8 Å². The first kappa shape index (κ1) is 12.0. The van der Waals surface area contributed by atoms with Crippen molar-refractivity contribution in [3.63, 3.8) is 0 Å². The Balaban J connectivity index is 2.54. The van der Waals surface area contributed by atoms with E-state index < -0.39 is 5.97 Å². The van der Waals surface area contributed by atoms with Crippen LogP contribution in [-0.4, -0.2) is 35.0 Å². The van der Waals surface area contributed by atoms with E-state index in [0.29, 0.717) is 19.3 Å². The lowest BCUT2D eigenvalue weighted by atomic mass is 10.0. The molecule has 0 spiro atoms. The zero-order valence-electron chi connectivity index (χ0n) is 9.56. The van der Waals surface area contributed by atoms with Crippen LogP contribution < -0.4 is 0 Å². The summed E-state index contributed by atoms with van der Waals surface area (Å²) in [5.74, 6) is -1.08. The van der Waals surface area contributed by atoms with E-state index in [1.165, 1.54) is 0 Å². The lowest BCUT2D eigenvalue weighted by molar-refractivity contribution is -0.141. The molecule has 4 heteroatoms. The second-order valence-electron chi connectivity index (χ2n) is 4.59. The fraction of sp³-hybridized carbons (Fsp3) is 0.818. The summed E-state index contributed by atoms with van der Waals surface area (Å²) >= 11 is 0. The first-order valence-electron chi connectivity index (χ1n) is 5.43. The maximum absolute atomic E-state index is 11.9. The van der Waals surface area contributed by atoms with Crippen LogP contribution >= 0.6 is 0 Å². The van der Waals surface area contributed by atoms with Crippen molar-refractivity contribution in [1.29, 1.82) is 0 Å². The molecule has 1 saturated carbocycles. The summed E-state index contributed by atoms with van der Waals surface area (Å²) in [7, 11) is 1.78. The largest absolute Gasteiger partial charge is 0.481 e. The van der Waals surface area contributed by atoms with Crippen LogP contribution in [0.4, 0.5) is 0 Å². The maximum Gasteiger partial charge on any atom is 0.306 e. The molecule has 1 amide bonds. The highest BCUT2D eigenvalue weighted by Gasteiger charge is 2.35. The summed E-state index contributed by atoms with van der Waals surface area (Å²) in [6, 6.07) is 0.182. The van der Waals surface area contributed by atoms with Crippen molar-refractivity contribution >= 4 is 11.9 Å². The zero-order chi connectivity index (χ0) is 11.6. The molecule has 2 unspecified atom stereocenters. The van der Waals surface area contributed by atoms with Gasteiger partial charge in [0.05, 0.1) is 5.92 Å².